The molecule has 5 nitrogen and oxygen atoms in total. The lowest BCUT2D eigenvalue weighted by atomic mass is 10.3. The maximum atomic E-state index is 6.31. The molecule has 0 aliphatic heterocycles. The minimum atomic E-state index is -0.877. The van der Waals surface area contributed by atoms with E-state index in [2.05, 4.69) is 18.5 Å². The molecule has 0 radical (unpaired) electrons. The first-order valence-electron chi connectivity index (χ1n) is 7.97. The molecule has 0 aliphatic rings. The van der Waals surface area contributed by atoms with Crippen molar-refractivity contribution in [1.29, 1.82) is 0 Å². The van der Waals surface area contributed by atoms with Gasteiger partial charge < -0.3 is 20.9 Å². The van der Waals surface area contributed by atoms with Crippen LogP contribution in [0.25, 0.3) is 0 Å². The molecule has 2 rings (SSSR count). The number of anilines is 2. The number of benzene rings is 2. The molecule has 2 aromatic rings. The van der Waals surface area contributed by atoms with Gasteiger partial charge in [-0.3, -0.25) is 4.67 Å². The Hall–Kier alpha value is -1.97. The van der Waals surface area contributed by atoms with Crippen LogP contribution in [0.1, 0.15) is 13.8 Å². The Kier molecular flexibility index (Phi) is 6.29. The van der Waals surface area contributed by atoms with Crippen LogP contribution in [-0.2, 0) is 0 Å². The Labute approximate surface area is 145 Å². The monoisotopic (exact) mass is 347 g/mol. The summed E-state index contributed by atoms with van der Waals surface area (Å²) in [7, 11) is 2.45. The minimum Gasteiger partial charge on any atom is -0.497 e. The van der Waals surface area contributed by atoms with Crippen LogP contribution in [0.3, 0.4) is 0 Å². The van der Waals surface area contributed by atoms with Gasteiger partial charge in [0.2, 0.25) is 0 Å². The van der Waals surface area contributed by atoms with Gasteiger partial charge in [-0.15, -0.1) is 0 Å². The molecule has 0 unspecified atom stereocenters. The van der Waals surface area contributed by atoms with Crippen molar-refractivity contribution < 1.29 is 9.47 Å². The molecular formula is C18H26N3O2P. The number of ether oxygens (including phenoxy) is 2. The quantitative estimate of drug-likeness (QED) is 0.595. The fraction of sp³-hybridized carbons (Fsp3) is 0.333. The molecule has 0 saturated carbocycles. The summed E-state index contributed by atoms with van der Waals surface area (Å²) < 4.78 is 13.2. The molecule has 130 valence electrons. The van der Waals surface area contributed by atoms with Crippen molar-refractivity contribution in [2.45, 2.75) is 13.8 Å². The number of rotatable bonds is 7. The highest BCUT2D eigenvalue weighted by Gasteiger charge is 2.25. The summed E-state index contributed by atoms with van der Waals surface area (Å²) in [5.41, 5.74) is 14.1. The fourth-order valence-electron chi connectivity index (χ4n) is 2.61. The van der Waals surface area contributed by atoms with Crippen molar-refractivity contribution in [3.8, 4) is 11.5 Å². The predicted octanol–water partition coefficient (Wildman–Crippen LogP) is 2.56. The second-order valence-corrected chi connectivity index (χ2v) is 7.45. The average molecular weight is 347 g/mol. The van der Waals surface area contributed by atoms with Crippen molar-refractivity contribution in [3.63, 3.8) is 0 Å². The van der Waals surface area contributed by atoms with E-state index >= 15 is 0 Å². The van der Waals surface area contributed by atoms with E-state index in [4.69, 9.17) is 20.9 Å². The zero-order valence-electron chi connectivity index (χ0n) is 14.7. The van der Waals surface area contributed by atoms with Crippen LogP contribution in [0.4, 0.5) is 11.4 Å². The molecule has 0 spiro atoms. The van der Waals surface area contributed by atoms with Crippen molar-refractivity contribution in [1.82, 2.24) is 4.67 Å². The molecule has 0 fully saturated rings. The van der Waals surface area contributed by atoms with Gasteiger partial charge in [-0.1, -0.05) is 13.8 Å². The molecule has 0 bridgehead atoms. The summed E-state index contributed by atoms with van der Waals surface area (Å²) in [5, 5.41) is 2.10. The summed E-state index contributed by atoms with van der Waals surface area (Å²) in [6, 6.07) is 11.6. The van der Waals surface area contributed by atoms with Gasteiger partial charge in [-0.25, -0.2) is 0 Å². The minimum absolute atomic E-state index is 0.746. The Morgan fingerprint density at radius 2 is 1.25 bits per heavy atom. The Balaban J connectivity index is 2.66. The summed E-state index contributed by atoms with van der Waals surface area (Å²) in [6.45, 7) is 6.09. The number of methoxy groups -OCH3 is 2. The van der Waals surface area contributed by atoms with E-state index in [1.165, 1.54) is 0 Å². The highest BCUT2D eigenvalue weighted by atomic mass is 31.1. The van der Waals surface area contributed by atoms with Crippen molar-refractivity contribution in [2.24, 2.45) is 0 Å². The van der Waals surface area contributed by atoms with E-state index in [0.717, 1.165) is 46.6 Å². The van der Waals surface area contributed by atoms with Gasteiger partial charge in [-0.05, 0) is 49.5 Å². The standard InChI is InChI=1S/C18H26N3O2P/c1-5-21(6-2)24(17-11-13(22-3)7-9-15(17)19)18-12-14(23-4)8-10-16(18)20/h7-12H,5-6,19-20H2,1-4H3. The van der Waals surface area contributed by atoms with Crippen LogP contribution < -0.4 is 31.6 Å². The zero-order valence-corrected chi connectivity index (χ0v) is 15.6. The molecule has 0 saturated heterocycles. The van der Waals surface area contributed by atoms with Crippen molar-refractivity contribution >= 4 is 30.1 Å². The van der Waals surface area contributed by atoms with Crippen LogP contribution in [0.2, 0.25) is 0 Å². The van der Waals surface area contributed by atoms with Gasteiger partial charge in [0.1, 0.15) is 11.5 Å². The summed E-state index contributed by atoms with van der Waals surface area (Å²) in [5.74, 6) is 1.58. The van der Waals surface area contributed by atoms with Crippen LogP contribution >= 0.6 is 8.07 Å². The van der Waals surface area contributed by atoms with E-state index in [1.54, 1.807) is 14.2 Å². The number of nitrogen functional groups attached to an aromatic ring is 2. The first-order chi connectivity index (χ1) is 11.5. The highest BCUT2D eigenvalue weighted by molar-refractivity contribution is 7.71. The van der Waals surface area contributed by atoms with E-state index in [-0.39, 0.29) is 0 Å². The maximum absolute atomic E-state index is 6.31. The van der Waals surface area contributed by atoms with E-state index in [1.807, 2.05) is 36.4 Å². The van der Waals surface area contributed by atoms with Crippen molar-refractivity contribution in [2.75, 3.05) is 38.8 Å². The number of hydrogen-bond acceptors (Lipinski definition) is 5. The molecule has 24 heavy (non-hydrogen) atoms. The van der Waals surface area contributed by atoms with Gasteiger partial charge >= 0.3 is 0 Å². The lowest BCUT2D eigenvalue weighted by molar-refractivity contribution is 0.415. The Morgan fingerprint density at radius 1 is 0.833 bits per heavy atom. The van der Waals surface area contributed by atoms with Crippen LogP contribution in [0.15, 0.2) is 36.4 Å². The van der Waals surface area contributed by atoms with Gasteiger partial charge in [0, 0.05) is 30.1 Å². The average Bonchev–Trinajstić information content (AvgIpc) is 2.61. The van der Waals surface area contributed by atoms with E-state index < -0.39 is 8.07 Å². The largest absolute Gasteiger partial charge is 0.497 e. The normalized spacial score (nSPS) is 11.1. The molecule has 0 aromatic heterocycles. The Morgan fingerprint density at radius 3 is 1.58 bits per heavy atom. The molecule has 6 heteroatoms. The van der Waals surface area contributed by atoms with E-state index in [9.17, 15) is 0 Å². The summed E-state index contributed by atoms with van der Waals surface area (Å²) in [4.78, 5) is 0. The van der Waals surface area contributed by atoms with Gasteiger partial charge in [0.15, 0.2) is 0 Å². The van der Waals surface area contributed by atoms with Gasteiger partial charge in [0.25, 0.3) is 0 Å². The first kappa shape index (κ1) is 18.4. The second kappa shape index (κ2) is 8.22. The van der Waals surface area contributed by atoms with Crippen LogP contribution in [0.5, 0.6) is 11.5 Å². The lowest BCUT2D eigenvalue weighted by Crippen LogP contribution is -2.31. The molecule has 0 heterocycles. The molecule has 2 aromatic carbocycles. The van der Waals surface area contributed by atoms with Crippen LogP contribution in [0, 0.1) is 0 Å². The van der Waals surface area contributed by atoms with Gasteiger partial charge in [-0.2, -0.15) is 0 Å². The first-order valence-corrected chi connectivity index (χ1v) is 9.27. The molecule has 0 atom stereocenters. The maximum Gasteiger partial charge on any atom is 0.119 e. The smallest absolute Gasteiger partial charge is 0.119 e. The third-order valence-corrected chi connectivity index (χ3v) is 6.76. The molecule has 4 N–H and O–H groups in total. The number of hydrogen-bond donors (Lipinski definition) is 2. The Bertz CT molecular complexity index is 636. The van der Waals surface area contributed by atoms with E-state index in [0.29, 0.717) is 0 Å². The topological polar surface area (TPSA) is 73.7 Å². The molecule has 0 aliphatic carbocycles. The third-order valence-electron chi connectivity index (χ3n) is 3.94. The third kappa shape index (κ3) is 3.74. The summed E-state index contributed by atoms with van der Waals surface area (Å²) in [6.07, 6.45) is 0. The second-order valence-electron chi connectivity index (χ2n) is 5.30. The predicted molar refractivity (Wildman–Crippen MR) is 104 cm³/mol. The molecular weight excluding hydrogens is 321 g/mol. The lowest BCUT2D eigenvalue weighted by Gasteiger charge is -2.32. The highest BCUT2D eigenvalue weighted by Crippen LogP contribution is 2.43. The van der Waals surface area contributed by atoms with Crippen LogP contribution in [-0.4, -0.2) is 32.0 Å². The summed E-state index contributed by atoms with van der Waals surface area (Å²) >= 11 is 0. The number of nitrogens with zero attached hydrogens (tertiary/aromatic N) is 1. The van der Waals surface area contributed by atoms with Crippen molar-refractivity contribution in [3.05, 3.63) is 36.4 Å². The fourth-order valence-corrected chi connectivity index (χ4v) is 5.18. The zero-order chi connectivity index (χ0) is 17.7. The SMILES string of the molecule is CCN(CC)P(c1cc(OC)ccc1N)c1cc(OC)ccc1N. The molecule has 0 amide bonds. The van der Waals surface area contributed by atoms with Gasteiger partial charge in [0.05, 0.1) is 14.2 Å². The number of nitrogens with two attached hydrogens (primary N) is 2.